The molecule has 0 spiro atoms. The van der Waals surface area contributed by atoms with Crippen molar-refractivity contribution < 1.29 is 18.0 Å². The van der Waals surface area contributed by atoms with E-state index in [0.29, 0.717) is 5.33 Å². The molecule has 0 heterocycles. The van der Waals surface area contributed by atoms with E-state index in [-0.39, 0.29) is 0 Å². The van der Waals surface area contributed by atoms with Gasteiger partial charge in [0.25, 0.3) is 5.91 Å². The Hall–Kier alpha value is -1.04. The van der Waals surface area contributed by atoms with Gasteiger partial charge in [0.1, 0.15) is 0 Å². The van der Waals surface area contributed by atoms with Crippen molar-refractivity contribution in [3.8, 4) is 0 Å². The van der Waals surface area contributed by atoms with Gasteiger partial charge < -0.3 is 5.32 Å². The molecule has 1 aromatic rings. The number of halogens is 4. The van der Waals surface area contributed by atoms with Crippen LogP contribution >= 0.6 is 15.9 Å². The highest BCUT2D eigenvalue weighted by molar-refractivity contribution is 9.09. The first-order valence-electron chi connectivity index (χ1n) is 6.01. The summed E-state index contributed by atoms with van der Waals surface area (Å²) in [6.07, 6.45) is 3.53. The molecule has 1 aliphatic rings. The second-order valence-electron chi connectivity index (χ2n) is 4.80. The van der Waals surface area contributed by atoms with E-state index in [1.807, 2.05) is 0 Å². The highest BCUT2D eigenvalue weighted by atomic mass is 79.9. The average Bonchev–Trinajstić information content (AvgIpc) is 2.85. The van der Waals surface area contributed by atoms with Gasteiger partial charge in [0, 0.05) is 5.33 Å². The Morgan fingerprint density at radius 1 is 1.21 bits per heavy atom. The zero-order valence-corrected chi connectivity index (χ0v) is 11.7. The van der Waals surface area contributed by atoms with E-state index in [9.17, 15) is 18.0 Å². The van der Waals surface area contributed by atoms with E-state index < -0.39 is 34.5 Å². The Labute approximate surface area is 117 Å². The van der Waals surface area contributed by atoms with Gasteiger partial charge in [-0.25, -0.2) is 13.2 Å². The molecule has 0 aliphatic heterocycles. The molecule has 1 aliphatic carbocycles. The predicted octanol–water partition coefficient (Wildman–Crippen LogP) is 3.54. The zero-order valence-electron chi connectivity index (χ0n) is 10.1. The quantitative estimate of drug-likeness (QED) is 0.664. The number of carbonyl (C=O) groups excluding carboxylic acids is 1. The summed E-state index contributed by atoms with van der Waals surface area (Å²) >= 11 is 3.34. The summed E-state index contributed by atoms with van der Waals surface area (Å²) in [5.41, 5.74) is -0.889. The molecule has 0 aromatic heterocycles. The molecule has 2 rings (SSSR count). The van der Waals surface area contributed by atoms with Crippen LogP contribution in [-0.4, -0.2) is 16.8 Å². The van der Waals surface area contributed by atoms with Gasteiger partial charge in [0.05, 0.1) is 11.1 Å². The summed E-state index contributed by atoms with van der Waals surface area (Å²) in [6, 6.07) is 1.71. The van der Waals surface area contributed by atoms with Gasteiger partial charge in [-0.15, -0.1) is 0 Å². The normalized spacial score (nSPS) is 17.5. The lowest BCUT2D eigenvalue weighted by atomic mass is 10.00. The van der Waals surface area contributed by atoms with Gasteiger partial charge in [-0.3, -0.25) is 4.79 Å². The highest BCUT2D eigenvalue weighted by Gasteiger charge is 2.35. The van der Waals surface area contributed by atoms with E-state index in [2.05, 4.69) is 21.2 Å². The topological polar surface area (TPSA) is 29.1 Å². The van der Waals surface area contributed by atoms with Crippen LogP contribution in [-0.2, 0) is 0 Å². The molecule has 104 valence electrons. The second-order valence-corrected chi connectivity index (χ2v) is 5.36. The monoisotopic (exact) mass is 335 g/mol. The van der Waals surface area contributed by atoms with Gasteiger partial charge >= 0.3 is 0 Å². The van der Waals surface area contributed by atoms with Gasteiger partial charge in [0.15, 0.2) is 17.5 Å². The van der Waals surface area contributed by atoms with Crippen LogP contribution in [0.3, 0.4) is 0 Å². The van der Waals surface area contributed by atoms with Crippen LogP contribution in [0.5, 0.6) is 0 Å². The number of amides is 1. The summed E-state index contributed by atoms with van der Waals surface area (Å²) in [7, 11) is 0. The standard InChI is InChI=1S/C13H13BrF3NO/c14-7-13(5-1-2-6-13)18-12(19)8-3-4-9(15)11(17)10(8)16/h3-4H,1-2,5-7H2,(H,18,19). The summed E-state index contributed by atoms with van der Waals surface area (Å²) in [5, 5.41) is 3.28. The zero-order chi connectivity index (χ0) is 14.0. The lowest BCUT2D eigenvalue weighted by molar-refractivity contribution is 0.0905. The first kappa shape index (κ1) is 14.4. The Kier molecular flexibility index (Phi) is 4.18. The van der Waals surface area contributed by atoms with E-state index in [4.69, 9.17) is 0 Å². The van der Waals surface area contributed by atoms with Crippen molar-refractivity contribution in [1.82, 2.24) is 5.32 Å². The van der Waals surface area contributed by atoms with Gasteiger partial charge in [-0.05, 0) is 25.0 Å². The van der Waals surface area contributed by atoms with Gasteiger partial charge in [-0.1, -0.05) is 28.8 Å². The number of rotatable bonds is 3. The number of hydrogen-bond acceptors (Lipinski definition) is 1. The smallest absolute Gasteiger partial charge is 0.254 e. The van der Waals surface area contributed by atoms with Crippen LogP contribution in [0, 0.1) is 17.5 Å². The lowest BCUT2D eigenvalue weighted by Gasteiger charge is -2.28. The molecule has 1 amide bonds. The van der Waals surface area contributed by atoms with Crippen LogP contribution < -0.4 is 5.32 Å². The Balaban J connectivity index is 2.23. The fourth-order valence-corrected chi connectivity index (χ4v) is 3.05. The minimum atomic E-state index is -1.62. The van der Waals surface area contributed by atoms with Crippen LogP contribution in [0.2, 0.25) is 0 Å². The molecule has 1 fully saturated rings. The SMILES string of the molecule is O=C(NC1(CBr)CCCC1)c1ccc(F)c(F)c1F. The first-order chi connectivity index (χ1) is 8.99. The van der Waals surface area contributed by atoms with Crippen molar-refractivity contribution in [3.05, 3.63) is 35.1 Å². The molecular weight excluding hydrogens is 323 g/mol. The molecule has 0 atom stereocenters. The second kappa shape index (κ2) is 5.53. The maximum atomic E-state index is 13.5. The molecule has 0 unspecified atom stereocenters. The molecule has 1 aromatic carbocycles. The lowest BCUT2D eigenvalue weighted by Crippen LogP contribution is -2.48. The van der Waals surface area contributed by atoms with Crippen molar-refractivity contribution in [1.29, 1.82) is 0 Å². The van der Waals surface area contributed by atoms with Crippen LogP contribution in [0.4, 0.5) is 13.2 Å². The van der Waals surface area contributed by atoms with Crippen molar-refractivity contribution in [2.24, 2.45) is 0 Å². The summed E-state index contributed by atoms with van der Waals surface area (Å²) in [4.78, 5) is 12.0. The Bertz CT molecular complexity index is 501. The van der Waals surface area contributed by atoms with E-state index in [1.54, 1.807) is 0 Å². The minimum Gasteiger partial charge on any atom is -0.346 e. The molecule has 0 saturated heterocycles. The third-order valence-electron chi connectivity index (χ3n) is 3.47. The largest absolute Gasteiger partial charge is 0.346 e. The molecule has 2 nitrogen and oxygen atoms in total. The van der Waals surface area contributed by atoms with Crippen molar-refractivity contribution in [2.75, 3.05) is 5.33 Å². The maximum absolute atomic E-state index is 13.5. The summed E-state index contributed by atoms with van der Waals surface area (Å²) in [6.45, 7) is 0. The first-order valence-corrected chi connectivity index (χ1v) is 7.13. The Morgan fingerprint density at radius 2 is 1.84 bits per heavy atom. The summed E-state index contributed by atoms with van der Waals surface area (Å²) < 4.78 is 39.4. The van der Waals surface area contributed by atoms with Crippen LogP contribution in [0.15, 0.2) is 12.1 Å². The fraction of sp³-hybridized carbons (Fsp3) is 0.462. The van der Waals surface area contributed by atoms with Crippen LogP contribution in [0.1, 0.15) is 36.0 Å². The van der Waals surface area contributed by atoms with Crippen molar-refractivity contribution in [3.63, 3.8) is 0 Å². The number of hydrogen-bond donors (Lipinski definition) is 1. The molecular formula is C13H13BrF3NO. The highest BCUT2D eigenvalue weighted by Crippen LogP contribution is 2.31. The Morgan fingerprint density at radius 3 is 2.42 bits per heavy atom. The van der Waals surface area contributed by atoms with Crippen LogP contribution in [0.25, 0.3) is 0 Å². The molecule has 6 heteroatoms. The number of nitrogens with one attached hydrogen (secondary N) is 1. The maximum Gasteiger partial charge on any atom is 0.254 e. The summed E-state index contributed by atoms with van der Waals surface area (Å²) in [5.74, 6) is -5.07. The fourth-order valence-electron chi connectivity index (χ4n) is 2.35. The van der Waals surface area contributed by atoms with E-state index in [1.165, 1.54) is 0 Å². The van der Waals surface area contributed by atoms with Crippen molar-refractivity contribution in [2.45, 2.75) is 31.2 Å². The van der Waals surface area contributed by atoms with Gasteiger partial charge in [0.2, 0.25) is 0 Å². The number of benzene rings is 1. The molecule has 19 heavy (non-hydrogen) atoms. The minimum absolute atomic E-state index is 0.422. The third-order valence-corrected chi connectivity index (χ3v) is 4.55. The molecule has 0 radical (unpaired) electrons. The van der Waals surface area contributed by atoms with Crippen molar-refractivity contribution >= 4 is 21.8 Å². The number of carbonyl (C=O) groups is 1. The predicted molar refractivity (Wildman–Crippen MR) is 68.8 cm³/mol. The average molecular weight is 336 g/mol. The van der Waals surface area contributed by atoms with E-state index in [0.717, 1.165) is 37.8 Å². The molecule has 1 N–H and O–H groups in total. The number of alkyl halides is 1. The molecule has 0 bridgehead atoms. The van der Waals surface area contributed by atoms with Gasteiger partial charge in [-0.2, -0.15) is 0 Å². The molecule has 1 saturated carbocycles. The third kappa shape index (κ3) is 2.78. The van der Waals surface area contributed by atoms with E-state index >= 15 is 0 Å².